The molecule has 1 heterocycles. The van der Waals surface area contributed by atoms with Crippen molar-refractivity contribution in [1.82, 2.24) is 4.98 Å². The van der Waals surface area contributed by atoms with Crippen LogP contribution in [0.4, 0.5) is 11.7 Å². The van der Waals surface area contributed by atoms with E-state index in [1.165, 1.54) is 0 Å². The first-order valence-electron chi connectivity index (χ1n) is 5.25. The second-order valence-electron chi connectivity index (χ2n) is 3.98. The van der Waals surface area contributed by atoms with E-state index in [2.05, 4.69) is 16.4 Å². The number of nitrogens with zero attached hydrogens (tertiary/aromatic N) is 2. The number of hydrogen-bond acceptors (Lipinski definition) is 5. The number of rotatable bonds is 2. The van der Waals surface area contributed by atoms with Gasteiger partial charge in [0, 0.05) is 14.1 Å². The van der Waals surface area contributed by atoms with Gasteiger partial charge in [-0.2, -0.15) is 12.1 Å². The molecule has 0 aliphatic rings. The van der Waals surface area contributed by atoms with Crippen molar-refractivity contribution in [3.05, 3.63) is 28.1 Å². The normalized spacial score (nSPS) is 10.0. The Morgan fingerprint density at radius 3 is 2.67 bits per heavy atom. The average Bonchev–Trinajstić information content (AvgIpc) is 2.28. The Morgan fingerprint density at radius 2 is 2.11 bits per heavy atom. The fraction of sp³-hybridized carbons (Fsp3) is 0.333. The molecule has 0 fully saturated rings. The topological polar surface area (TPSA) is 58.4 Å². The third-order valence-electron chi connectivity index (χ3n) is 2.62. The van der Waals surface area contributed by atoms with E-state index in [1.807, 2.05) is 6.92 Å². The van der Waals surface area contributed by atoms with Crippen molar-refractivity contribution in [3.8, 4) is 0 Å². The van der Waals surface area contributed by atoms with Gasteiger partial charge in [0.25, 0.3) is 11.6 Å². The van der Waals surface area contributed by atoms with Crippen LogP contribution in [0.25, 0.3) is 10.9 Å². The first-order valence-corrected chi connectivity index (χ1v) is 5.25. The third-order valence-corrected chi connectivity index (χ3v) is 2.62. The third kappa shape index (κ3) is 2.57. The molecule has 6 heteroatoms. The molecule has 0 saturated heterocycles. The van der Waals surface area contributed by atoms with Gasteiger partial charge in [-0.3, -0.25) is 4.79 Å². The zero-order chi connectivity index (χ0) is 12.6. The van der Waals surface area contributed by atoms with E-state index >= 15 is 0 Å². The minimum Gasteiger partial charge on any atom is -0.439 e. The van der Waals surface area contributed by atoms with E-state index in [1.54, 1.807) is 32.1 Å². The molecule has 1 aromatic heterocycles. The molecule has 2 aromatic rings. The molecule has 90 valence electrons. The van der Waals surface area contributed by atoms with E-state index in [9.17, 15) is 4.79 Å². The Morgan fingerprint density at radius 1 is 1.44 bits per heavy atom. The quantitative estimate of drug-likeness (QED) is 0.848. The molecule has 0 aliphatic heterocycles. The maximum Gasteiger partial charge on any atom is 3.00 e. The minimum absolute atomic E-state index is 0. The number of aryl methyl sites for hydroxylation is 1. The first kappa shape index (κ1) is 15.1. The molecule has 0 aliphatic carbocycles. The van der Waals surface area contributed by atoms with Gasteiger partial charge in [-0.1, -0.05) is 12.6 Å². The van der Waals surface area contributed by atoms with Gasteiger partial charge in [-0.15, -0.1) is 5.56 Å². The number of nitrogens with one attached hydrogen (secondary N) is 1. The minimum atomic E-state index is -0.385. The molecule has 0 spiro atoms. The second kappa shape index (κ2) is 5.80. The van der Waals surface area contributed by atoms with E-state index in [0.717, 1.165) is 11.3 Å². The molecule has 18 heavy (non-hydrogen) atoms. The van der Waals surface area contributed by atoms with E-state index in [0.29, 0.717) is 10.9 Å². The Balaban J connectivity index is 0.00000162. The monoisotopic (exact) mass is 321 g/mol. The number of fused-ring (bicyclic) bond motifs is 1. The SMILES string of the molecule is CNc1c[c-]c2nc(N(C)C)oc(=O)c2c1C.[Y+3]. The van der Waals surface area contributed by atoms with Crippen molar-refractivity contribution in [2.45, 2.75) is 6.92 Å². The van der Waals surface area contributed by atoms with Gasteiger partial charge in [0.05, 0.1) is 0 Å². The van der Waals surface area contributed by atoms with Crippen LogP contribution >= 0.6 is 0 Å². The summed E-state index contributed by atoms with van der Waals surface area (Å²) < 4.78 is 5.14. The van der Waals surface area contributed by atoms with Gasteiger partial charge in [-0.05, 0) is 18.0 Å². The van der Waals surface area contributed by atoms with Crippen LogP contribution in [-0.4, -0.2) is 26.1 Å². The smallest absolute Gasteiger partial charge is 0.439 e. The number of hydrogen-bond donors (Lipinski definition) is 1. The van der Waals surface area contributed by atoms with Gasteiger partial charge >= 0.3 is 32.7 Å². The summed E-state index contributed by atoms with van der Waals surface area (Å²) in [6, 6.07) is 5.06. The fourth-order valence-corrected chi connectivity index (χ4v) is 1.67. The number of anilines is 2. The average molecular weight is 321 g/mol. The van der Waals surface area contributed by atoms with Crippen molar-refractivity contribution in [2.75, 3.05) is 31.4 Å². The Bertz CT molecular complexity index is 622. The van der Waals surface area contributed by atoms with E-state index < -0.39 is 0 Å². The molecule has 0 bridgehead atoms. The van der Waals surface area contributed by atoms with Crippen molar-refractivity contribution in [2.24, 2.45) is 0 Å². The summed E-state index contributed by atoms with van der Waals surface area (Å²) in [5.74, 6) is 0. The van der Waals surface area contributed by atoms with Crippen LogP contribution in [0.1, 0.15) is 5.56 Å². The largest absolute Gasteiger partial charge is 3.00 e. The van der Waals surface area contributed by atoms with Gasteiger partial charge in [-0.25, -0.2) is 4.98 Å². The molecule has 0 unspecified atom stereocenters. The maximum atomic E-state index is 11.9. The van der Waals surface area contributed by atoms with Crippen LogP contribution < -0.4 is 15.8 Å². The zero-order valence-corrected chi connectivity index (χ0v) is 13.7. The first-order chi connectivity index (χ1) is 8.04. The molecule has 1 aromatic carbocycles. The summed E-state index contributed by atoms with van der Waals surface area (Å²) in [4.78, 5) is 17.8. The molecule has 0 saturated carbocycles. The van der Waals surface area contributed by atoms with Gasteiger partial charge in [0.15, 0.2) is 0 Å². The number of benzene rings is 1. The summed E-state index contributed by atoms with van der Waals surface area (Å²) >= 11 is 0. The van der Waals surface area contributed by atoms with Crippen LogP contribution in [0.3, 0.4) is 0 Å². The molecular formula is C12H14N3O2Y+2. The fourth-order valence-electron chi connectivity index (χ4n) is 1.67. The molecule has 2 rings (SSSR count). The van der Waals surface area contributed by atoms with Gasteiger partial charge < -0.3 is 14.6 Å². The Kier molecular flexibility index (Phi) is 4.88. The molecule has 0 amide bonds. The van der Waals surface area contributed by atoms with E-state index in [4.69, 9.17) is 4.42 Å². The predicted octanol–water partition coefficient (Wildman–Crippen LogP) is 1.40. The molecule has 1 N–H and O–H groups in total. The van der Waals surface area contributed by atoms with Crippen molar-refractivity contribution >= 4 is 22.6 Å². The summed E-state index contributed by atoms with van der Waals surface area (Å²) in [5.41, 5.74) is 1.82. The van der Waals surface area contributed by atoms with Gasteiger partial charge in [0.1, 0.15) is 0 Å². The Hall–Kier alpha value is -0.936. The molecule has 5 nitrogen and oxygen atoms in total. The van der Waals surface area contributed by atoms with E-state index in [-0.39, 0.29) is 44.3 Å². The predicted molar refractivity (Wildman–Crippen MR) is 67.7 cm³/mol. The van der Waals surface area contributed by atoms with Crippen molar-refractivity contribution < 1.29 is 37.1 Å². The molecular weight excluding hydrogens is 307 g/mol. The summed E-state index contributed by atoms with van der Waals surface area (Å²) in [6.45, 7) is 1.86. The van der Waals surface area contributed by atoms with Crippen LogP contribution in [0.15, 0.2) is 15.3 Å². The van der Waals surface area contributed by atoms with Crippen LogP contribution in [0.5, 0.6) is 0 Å². The van der Waals surface area contributed by atoms with Crippen molar-refractivity contribution in [3.63, 3.8) is 0 Å². The molecule has 0 atom stereocenters. The maximum absolute atomic E-state index is 11.9. The summed E-state index contributed by atoms with van der Waals surface area (Å²) in [5, 5.41) is 3.48. The molecule has 0 radical (unpaired) electrons. The van der Waals surface area contributed by atoms with Crippen molar-refractivity contribution in [1.29, 1.82) is 0 Å². The second-order valence-corrected chi connectivity index (χ2v) is 3.98. The van der Waals surface area contributed by atoms with Gasteiger partial charge in [0.2, 0.25) is 0 Å². The van der Waals surface area contributed by atoms with Crippen LogP contribution in [0.2, 0.25) is 0 Å². The summed E-state index contributed by atoms with van der Waals surface area (Å²) in [7, 11) is 5.34. The van der Waals surface area contributed by atoms with Crippen LogP contribution in [-0.2, 0) is 32.7 Å². The van der Waals surface area contributed by atoms with Crippen LogP contribution in [0, 0.1) is 13.0 Å². The standard InChI is InChI=1S/C12H14N3O2.Y/c1-7-8(13-2)5-6-9-10(7)11(16)17-12(14-9)15(3)4;/h5,13H,1-4H3;/q-1;+3. The Labute approximate surface area is 130 Å². The summed E-state index contributed by atoms with van der Waals surface area (Å²) in [6.07, 6.45) is 0. The number of aromatic nitrogens is 1. The zero-order valence-electron chi connectivity index (χ0n) is 10.9.